The van der Waals surface area contributed by atoms with E-state index in [0.29, 0.717) is 16.5 Å². The number of rotatable bonds is 5. The number of hydrogen-bond donors (Lipinski definition) is 2. The number of hydrogen-bond acceptors (Lipinski definition) is 3. The van der Waals surface area contributed by atoms with E-state index in [1.54, 1.807) is 18.2 Å². The lowest BCUT2D eigenvalue weighted by Gasteiger charge is -2.08. The molecular formula is C16H17ClN2OS. The van der Waals surface area contributed by atoms with E-state index < -0.39 is 0 Å². The Bertz CT molecular complexity index is 646. The second-order valence-electron chi connectivity index (χ2n) is 4.58. The predicted octanol–water partition coefficient (Wildman–Crippen LogP) is 4.22. The highest BCUT2D eigenvalue weighted by Crippen LogP contribution is 2.29. The summed E-state index contributed by atoms with van der Waals surface area (Å²) in [6, 6.07) is 13.1. The molecule has 5 heteroatoms. The summed E-state index contributed by atoms with van der Waals surface area (Å²) >= 11 is 7.45. The van der Waals surface area contributed by atoms with Crippen LogP contribution in [0.5, 0.6) is 0 Å². The summed E-state index contributed by atoms with van der Waals surface area (Å²) in [6.45, 7) is 2.08. The molecule has 1 amide bonds. The first-order valence-electron chi connectivity index (χ1n) is 6.65. The van der Waals surface area contributed by atoms with Crippen LogP contribution in [0.4, 0.5) is 11.4 Å². The van der Waals surface area contributed by atoms with Gasteiger partial charge in [-0.3, -0.25) is 4.79 Å². The van der Waals surface area contributed by atoms with Crippen LogP contribution in [-0.4, -0.2) is 11.7 Å². The third kappa shape index (κ3) is 4.69. The first-order chi connectivity index (χ1) is 10.1. The first-order valence-corrected chi connectivity index (χ1v) is 8.01. The molecule has 0 saturated carbocycles. The van der Waals surface area contributed by atoms with Crippen molar-refractivity contribution < 1.29 is 4.79 Å². The molecule has 2 aromatic carbocycles. The van der Waals surface area contributed by atoms with Crippen LogP contribution < -0.4 is 11.1 Å². The monoisotopic (exact) mass is 320 g/mol. The maximum atomic E-state index is 12.0. The Balaban J connectivity index is 1.94. The third-order valence-electron chi connectivity index (χ3n) is 2.93. The molecule has 0 heterocycles. The number of nitrogen functional groups attached to an aromatic ring is 1. The Labute approximate surface area is 133 Å². The SMILES string of the molecule is CCc1cccc(NC(=O)CSc2cc(N)ccc2Cl)c1. The molecule has 0 unspecified atom stereocenters. The molecule has 0 fully saturated rings. The van der Waals surface area contributed by atoms with E-state index in [9.17, 15) is 4.79 Å². The number of carbonyl (C=O) groups is 1. The van der Waals surface area contributed by atoms with Gasteiger partial charge in [0.1, 0.15) is 0 Å². The predicted molar refractivity (Wildman–Crippen MR) is 91.0 cm³/mol. The molecule has 0 spiro atoms. The minimum absolute atomic E-state index is 0.0632. The van der Waals surface area contributed by atoms with E-state index in [1.165, 1.54) is 17.3 Å². The van der Waals surface area contributed by atoms with Gasteiger partial charge in [0.2, 0.25) is 5.91 Å². The number of benzene rings is 2. The lowest BCUT2D eigenvalue weighted by atomic mass is 10.1. The maximum Gasteiger partial charge on any atom is 0.234 e. The summed E-state index contributed by atoms with van der Waals surface area (Å²) in [4.78, 5) is 12.8. The van der Waals surface area contributed by atoms with Gasteiger partial charge in [0.05, 0.1) is 10.8 Å². The van der Waals surface area contributed by atoms with E-state index in [-0.39, 0.29) is 5.91 Å². The highest BCUT2D eigenvalue weighted by Gasteiger charge is 2.07. The number of aryl methyl sites for hydroxylation is 1. The summed E-state index contributed by atoms with van der Waals surface area (Å²) in [5, 5.41) is 3.49. The third-order valence-corrected chi connectivity index (χ3v) is 4.43. The quantitative estimate of drug-likeness (QED) is 0.640. The van der Waals surface area contributed by atoms with Gasteiger partial charge < -0.3 is 11.1 Å². The van der Waals surface area contributed by atoms with E-state index in [4.69, 9.17) is 17.3 Å². The van der Waals surface area contributed by atoms with Gasteiger partial charge in [0, 0.05) is 16.3 Å². The van der Waals surface area contributed by atoms with Crippen LogP contribution in [0, 0.1) is 0 Å². The zero-order valence-electron chi connectivity index (χ0n) is 11.7. The zero-order chi connectivity index (χ0) is 15.2. The second kappa shape index (κ2) is 7.38. The number of anilines is 2. The summed E-state index contributed by atoms with van der Waals surface area (Å²) in [7, 11) is 0. The molecule has 110 valence electrons. The molecule has 21 heavy (non-hydrogen) atoms. The van der Waals surface area contributed by atoms with Gasteiger partial charge in [0.25, 0.3) is 0 Å². The Morgan fingerprint density at radius 1 is 1.29 bits per heavy atom. The molecule has 0 aliphatic rings. The lowest BCUT2D eigenvalue weighted by Crippen LogP contribution is -2.14. The van der Waals surface area contributed by atoms with Crippen molar-refractivity contribution in [2.24, 2.45) is 0 Å². The number of thioether (sulfide) groups is 1. The zero-order valence-corrected chi connectivity index (χ0v) is 13.3. The Hall–Kier alpha value is -1.65. The van der Waals surface area contributed by atoms with Crippen molar-refractivity contribution in [3.05, 3.63) is 53.1 Å². The molecule has 2 aromatic rings. The highest BCUT2D eigenvalue weighted by atomic mass is 35.5. The van der Waals surface area contributed by atoms with E-state index in [2.05, 4.69) is 12.2 Å². The average molecular weight is 321 g/mol. The average Bonchev–Trinajstić information content (AvgIpc) is 2.48. The molecule has 0 bridgehead atoms. The van der Waals surface area contributed by atoms with Crippen LogP contribution in [0.1, 0.15) is 12.5 Å². The number of nitrogens with one attached hydrogen (secondary N) is 1. The topological polar surface area (TPSA) is 55.1 Å². The van der Waals surface area contributed by atoms with Gasteiger partial charge in [-0.25, -0.2) is 0 Å². The molecule has 0 aliphatic carbocycles. The number of nitrogens with two attached hydrogens (primary N) is 1. The van der Waals surface area contributed by atoms with Crippen molar-refractivity contribution in [2.75, 3.05) is 16.8 Å². The van der Waals surface area contributed by atoms with Crippen LogP contribution in [0.3, 0.4) is 0 Å². The largest absolute Gasteiger partial charge is 0.399 e. The fourth-order valence-electron chi connectivity index (χ4n) is 1.84. The van der Waals surface area contributed by atoms with Crippen LogP contribution in [0.2, 0.25) is 5.02 Å². The standard InChI is InChI=1S/C16H17ClN2OS/c1-2-11-4-3-5-13(8-11)19-16(20)10-21-15-9-12(18)6-7-14(15)17/h3-9H,2,10,18H2,1H3,(H,19,20). The highest BCUT2D eigenvalue weighted by molar-refractivity contribution is 8.00. The maximum absolute atomic E-state index is 12.0. The lowest BCUT2D eigenvalue weighted by molar-refractivity contribution is -0.113. The number of carbonyl (C=O) groups excluding carboxylic acids is 1. The van der Waals surface area contributed by atoms with Gasteiger partial charge in [-0.05, 0) is 42.3 Å². The van der Waals surface area contributed by atoms with Crippen LogP contribution in [0.25, 0.3) is 0 Å². The molecular weight excluding hydrogens is 304 g/mol. The Morgan fingerprint density at radius 2 is 2.10 bits per heavy atom. The number of halogens is 1. The molecule has 3 nitrogen and oxygen atoms in total. The van der Waals surface area contributed by atoms with Gasteiger partial charge >= 0.3 is 0 Å². The second-order valence-corrected chi connectivity index (χ2v) is 6.01. The van der Waals surface area contributed by atoms with Crippen molar-refractivity contribution in [1.29, 1.82) is 0 Å². The van der Waals surface area contributed by atoms with E-state index in [1.807, 2.05) is 24.3 Å². The first kappa shape index (κ1) is 15.7. The number of amides is 1. The summed E-state index contributed by atoms with van der Waals surface area (Å²) in [5.74, 6) is 0.228. The molecule has 0 radical (unpaired) electrons. The Kier molecular flexibility index (Phi) is 5.53. The fraction of sp³-hybridized carbons (Fsp3) is 0.188. The van der Waals surface area contributed by atoms with Gasteiger partial charge in [-0.15, -0.1) is 11.8 Å². The fourth-order valence-corrected chi connectivity index (χ4v) is 2.91. The molecule has 0 aromatic heterocycles. The van der Waals surface area contributed by atoms with E-state index >= 15 is 0 Å². The van der Waals surface area contributed by atoms with Crippen molar-refractivity contribution >= 4 is 40.6 Å². The summed E-state index contributed by atoms with van der Waals surface area (Å²) in [5.41, 5.74) is 8.37. The van der Waals surface area contributed by atoms with Gasteiger partial charge in [-0.1, -0.05) is 30.7 Å². The molecule has 0 saturated heterocycles. The normalized spacial score (nSPS) is 10.4. The minimum Gasteiger partial charge on any atom is -0.399 e. The smallest absolute Gasteiger partial charge is 0.234 e. The molecule has 0 atom stereocenters. The van der Waals surface area contributed by atoms with Crippen molar-refractivity contribution in [3.63, 3.8) is 0 Å². The molecule has 2 rings (SSSR count). The summed E-state index contributed by atoms with van der Waals surface area (Å²) < 4.78 is 0. The van der Waals surface area contributed by atoms with Gasteiger partial charge in [-0.2, -0.15) is 0 Å². The van der Waals surface area contributed by atoms with Crippen LogP contribution in [0.15, 0.2) is 47.4 Å². The molecule has 3 N–H and O–H groups in total. The molecule has 0 aliphatic heterocycles. The van der Waals surface area contributed by atoms with E-state index in [0.717, 1.165) is 17.0 Å². The minimum atomic E-state index is -0.0632. The van der Waals surface area contributed by atoms with Crippen LogP contribution in [-0.2, 0) is 11.2 Å². The Morgan fingerprint density at radius 3 is 2.86 bits per heavy atom. The van der Waals surface area contributed by atoms with Crippen LogP contribution >= 0.6 is 23.4 Å². The van der Waals surface area contributed by atoms with Crippen molar-refractivity contribution in [2.45, 2.75) is 18.2 Å². The van der Waals surface area contributed by atoms with Gasteiger partial charge in [0.15, 0.2) is 0 Å². The summed E-state index contributed by atoms with van der Waals surface area (Å²) in [6.07, 6.45) is 0.942. The van der Waals surface area contributed by atoms with Crippen molar-refractivity contribution in [1.82, 2.24) is 0 Å². The van der Waals surface area contributed by atoms with Crippen molar-refractivity contribution in [3.8, 4) is 0 Å².